The number of carbonyl (C=O) groups excluding carboxylic acids is 2. The second kappa shape index (κ2) is 4.68. The molecule has 0 aromatic carbocycles. The van der Waals surface area contributed by atoms with Crippen LogP contribution in [0.3, 0.4) is 0 Å². The highest BCUT2D eigenvalue weighted by atomic mass is 16.3. The summed E-state index contributed by atoms with van der Waals surface area (Å²) in [6.45, 7) is 4.48. The van der Waals surface area contributed by atoms with Gasteiger partial charge in [0.25, 0.3) is 0 Å². The van der Waals surface area contributed by atoms with Crippen molar-refractivity contribution >= 4 is 17.9 Å². The Bertz CT molecular complexity index is 474. The molecule has 5 heteroatoms. The number of carbonyl (C=O) groups is 2. The van der Waals surface area contributed by atoms with E-state index in [2.05, 4.69) is 5.32 Å². The number of nitrogens with one attached hydrogen (secondary N) is 1. The van der Waals surface area contributed by atoms with Crippen molar-refractivity contribution in [3.8, 4) is 0 Å². The number of hydrogen-bond acceptors (Lipinski definition) is 3. The smallest absolute Gasteiger partial charge is 0.247 e. The van der Waals surface area contributed by atoms with Gasteiger partial charge in [-0.1, -0.05) is 0 Å². The fourth-order valence-electron chi connectivity index (χ4n) is 1.91. The van der Waals surface area contributed by atoms with E-state index < -0.39 is 5.54 Å². The second-order valence-electron chi connectivity index (χ2n) is 4.65. The summed E-state index contributed by atoms with van der Waals surface area (Å²) in [7, 11) is 0. The lowest BCUT2D eigenvalue weighted by Gasteiger charge is -2.40. The Balaban J connectivity index is 2.11. The summed E-state index contributed by atoms with van der Waals surface area (Å²) in [4.78, 5) is 25.3. The molecular weight excluding hydrogens is 232 g/mol. The molecule has 5 nitrogen and oxygen atoms in total. The fraction of sp³-hybridized carbons (Fsp3) is 0.385. The van der Waals surface area contributed by atoms with Crippen LogP contribution >= 0.6 is 0 Å². The largest absolute Gasteiger partial charge is 0.465 e. The lowest BCUT2D eigenvalue weighted by molar-refractivity contribution is -0.146. The molecule has 1 aliphatic heterocycles. The minimum absolute atomic E-state index is 0.131. The van der Waals surface area contributed by atoms with Crippen molar-refractivity contribution in [1.29, 1.82) is 0 Å². The van der Waals surface area contributed by atoms with Crippen LogP contribution in [0.25, 0.3) is 6.08 Å². The van der Waals surface area contributed by atoms with E-state index in [1.54, 1.807) is 43.2 Å². The molecule has 1 saturated heterocycles. The van der Waals surface area contributed by atoms with Crippen molar-refractivity contribution in [3.05, 3.63) is 30.2 Å². The van der Waals surface area contributed by atoms with Crippen molar-refractivity contribution < 1.29 is 14.0 Å². The van der Waals surface area contributed by atoms with E-state index in [0.717, 1.165) is 0 Å². The molecule has 1 fully saturated rings. The number of amides is 2. The van der Waals surface area contributed by atoms with Crippen molar-refractivity contribution in [2.24, 2.45) is 0 Å². The van der Waals surface area contributed by atoms with E-state index >= 15 is 0 Å². The zero-order valence-corrected chi connectivity index (χ0v) is 10.5. The average molecular weight is 248 g/mol. The Hall–Kier alpha value is -2.04. The summed E-state index contributed by atoms with van der Waals surface area (Å²) >= 11 is 0. The average Bonchev–Trinajstić information content (AvgIpc) is 2.82. The zero-order chi connectivity index (χ0) is 13.2. The molecular formula is C13H16N2O3. The number of hydrogen-bond donors (Lipinski definition) is 1. The predicted molar refractivity (Wildman–Crippen MR) is 66.5 cm³/mol. The van der Waals surface area contributed by atoms with Crippen molar-refractivity contribution in [3.63, 3.8) is 0 Å². The van der Waals surface area contributed by atoms with Crippen molar-refractivity contribution in [1.82, 2.24) is 10.2 Å². The van der Waals surface area contributed by atoms with Crippen LogP contribution < -0.4 is 5.32 Å². The van der Waals surface area contributed by atoms with Crippen LogP contribution in [-0.4, -0.2) is 35.3 Å². The van der Waals surface area contributed by atoms with Crippen LogP contribution in [0, 0.1) is 0 Å². The van der Waals surface area contributed by atoms with Gasteiger partial charge < -0.3 is 14.6 Å². The van der Waals surface area contributed by atoms with Gasteiger partial charge in [0.2, 0.25) is 11.8 Å². The normalized spacial score (nSPS) is 19.0. The fourth-order valence-corrected chi connectivity index (χ4v) is 1.91. The molecule has 0 bridgehead atoms. The van der Waals surface area contributed by atoms with Crippen molar-refractivity contribution in [2.75, 3.05) is 13.1 Å². The molecule has 1 N–H and O–H groups in total. The van der Waals surface area contributed by atoms with Crippen LogP contribution in [0.4, 0.5) is 0 Å². The highest BCUT2D eigenvalue weighted by Gasteiger charge is 2.39. The maximum Gasteiger partial charge on any atom is 0.247 e. The van der Waals surface area contributed by atoms with Gasteiger partial charge in [0.15, 0.2) is 0 Å². The van der Waals surface area contributed by atoms with Gasteiger partial charge >= 0.3 is 0 Å². The molecule has 0 atom stereocenters. The first-order chi connectivity index (χ1) is 8.51. The van der Waals surface area contributed by atoms with Gasteiger partial charge in [0.1, 0.15) is 11.3 Å². The molecule has 1 aromatic rings. The van der Waals surface area contributed by atoms with Crippen LogP contribution in [0.1, 0.15) is 19.6 Å². The molecule has 2 heterocycles. The lowest BCUT2D eigenvalue weighted by Crippen LogP contribution is -2.63. The molecule has 0 radical (unpaired) electrons. The number of furan rings is 1. The van der Waals surface area contributed by atoms with Gasteiger partial charge in [-0.3, -0.25) is 9.59 Å². The number of nitrogens with zero attached hydrogens (tertiary/aromatic N) is 1. The second-order valence-corrected chi connectivity index (χ2v) is 4.65. The maximum atomic E-state index is 12.1. The van der Waals surface area contributed by atoms with E-state index in [1.807, 2.05) is 0 Å². The summed E-state index contributed by atoms with van der Waals surface area (Å²) in [6.07, 6.45) is 4.58. The first-order valence-corrected chi connectivity index (χ1v) is 5.83. The third-order valence-electron chi connectivity index (χ3n) is 3.05. The number of rotatable bonds is 2. The Kier molecular flexibility index (Phi) is 3.23. The van der Waals surface area contributed by atoms with Gasteiger partial charge in [0.05, 0.1) is 6.26 Å². The van der Waals surface area contributed by atoms with E-state index in [1.165, 1.54) is 6.08 Å². The van der Waals surface area contributed by atoms with Gasteiger partial charge in [-0.15, -0.1) is 0 Å². The molecule has 0 unspecified atom stereocenters. The quantitative estimate of drug-likeness (QED) is 0.795. The summed E-state index contributed by atoms with van der Waals surface area (Å²) < 4.78 is 5.11. The molecule has 1 aliphatic rings. The van der Waals surface area contributed by atoms with E-state index in [4.69, 9.17) is 4.42 Å². The molecule has 2 amide bonds. The van der Waals surface area contributed by atoms with Crippen molar-refractivity contribution in [2.45, 2.75) is 19.4 Å². The SMILES string of the molecule is CC1(C)C(=O)NCCN1C(=O)C=Cc1ccco1. The lowest BCUT2D eigenvalue weighted by atomic mass is 9.99. The first-order valence-electron chi connectivity index (χ1n) is 5.83. The highest BCUT2D eigenvalue weighted by molar-refractivity contribution is 5.97. The van der Waals surface area contributed by atoms with E-state index in [0.29, 0.717) is 18.8 Å². The summed E-state index contributed by atoms with van der Waals surface area (Å²) in [5.41, 5.74) is -0.817. The minimum atomic E-state index is -0.817. The third kappa shape index (κ3) is 2.30. The summed E-state index contributed by atoms with van der Waals surface area (Å²) in [5, 5.41) is 2.75. The Morgan fingerprint density at radius 1 is 1.56 bits per heavy atom. The molecule has 0 spiro atoms. The molecule has 18 heavy (non-hydrogen) atoms. The molecule has 1 aromatic heterocycles. The van der Waals surface area contributed by atoms with E-state index in [-0.39, 0.29) is 11.8 Å². The van der Waals surface area contributed by atoms with E-state index in [9.17, 15) is 9.59 Å². The topological polar surface area (TPSA) is 62.6 Å². The van der Waals surface area contributed by atoms with Gasteiger partial charge in [-0.05, 0) is 32.1 Å². The zero-order valence-electron chi connectivity index (χ0n) is 10.5. The molecule has 2 rings (SSSR count). The van der Waals surface area contributed by atoms with Gasteiger partial charge in [0, 0.05) is 19.2 Å². The van der Waals surface area contributed by atoms with Crippen LogP contribution in [0.5, 0.6) is 0 Å². The standard InChI is InChI=1S/C13H16N2O3/c1-13(2)12(17)14-7-8-15(13)11(16)6-5-10-4-3-9-18-10/h3-6,9H,7-8H2,1-2H3,(H,14,17). The summed E-state index contributed by atoms with van der Waals surface area (Å²) in [6, 6.07) is 3.51. The highest BCUT2D eigenvalue weighted by Crippen LogP contribution is 2.18. The molecule has 0 aliphatic carbocycles. The summed E-state index contributed by atoms with van der Waals surface area (Å²) in [5.74, 6) is 0.294. The Labute approximate surface area is 105 Å². The van der Waals surface area contributed by atoms with Gasteiger partial charge in [-0.25, -0.2) is 0 Å². The third-order valence-corrected chi connectivity index (χ3v) is 3.05. The Morgan fingerprint density at radius 2 is 2.33 bits per heavy atom. The maximum absolute atomic E-state index is 12.1. The molecule has 0 saturated carbocycles. The molecule has 96 valence electrons. The van der Waals surface area contributed by atoms with Crippen LogP contribution in [0.2, 0.25) is 0 Å². The van der Waals surface area contributed by atoms with Gasteiger partial charge in [-0.2, -0.15) is 0 Å². The Morgan fingerprint density at radius 3 is 3.00 bits per heavy atom. The van der Waals surface area contributed by atoms with Crippen LogP contribution in [-0.2, 0) is 9.59 Å². The predicted octanol–water partition coefficient (Wildman–Crippen LogP) is 1.03. The minimum Gasteiger partial charge on any atom is -0.465 e. The first kappa shape index (κ1) is 12.4. The van der Waals surface area contributed by atoms with Crippen LogP contribution in [0.15, 0.2) is 28.9 Å². The monoisotopic (exact) mass is 248 g/mol. The number of piperazine rings is 1.